The Balaban J connectivity index is 3.42. The van der Waals surface area contributed by atoms with Gasteiger partial charge in [-0.3, -0.25) is 4.79 Å². The number of carbonyl (C=O) groups is 1. The van der Waals surface area contributed by atoms with Crippen molar-refractivity contribution in [3.63, 3.8) is 0 Å². The molecule has 2 N–H and O–H groups in total. The monoisotopic (exact) mass is 318 g/mol. The van der Waals surface area contributed by atoms with Crippen LogP contribution < -0.4 is 5.14 Å². The van der Waals surface area contributed by atoms with Crippen molar-refractivity contribution in [2.24, 2.45) is 5.14 Å². The summed E-state index contributed by atoms with van der Waals surface area (Å²) in [6.45, 7) is 6.14. The van der Waals surface area contributed by atoms with Crippen molar-refractivity contribution in [3.05, 3.63) is 28.8 Å². The fourth-order valence-corrected chi connectivity index (χ4v) is 3.03. The molecule has 1 aromatic rings. The zero-order valence-electron chi connectivity index (χ0n) is 11.8. The molecule has 112 valence electrons. The van der Waals surface area contributed by atoms with Crippen molar-refractivity contribution in [1.29, 1.82) is 0 Å². The Morgan fingerprint density at radius 3 is 2.45 bits per heavy atom. The molecule has 5 nitrogen and oxygen atoms in total. The third-order valence-corrected chi connectivity index (χ3v) is 4.49. The van der Waals surface area contributed by atoms with Crippen molar-refractivity contribution in [2.45, 2.75) is 38.1 Å². The summed E-state index contributed by atoms with van der Waals surface area (Å²) in [5.74, 6) is -0.420. The molecule has 0 bridgehead atoms. The molecule has 1 atom stereocenters. The number of sulfonamides is 1. The van der Waals surface area contributed by atoms with Gasteiger partial charge >= 0.3 is 0 Å². The second-order valence-electron chi connectivity index (χ2n) is 4.51. The summed E-state index contributed by atoms with van der Waals surface area (Å²) in [4.78, 5) is 13.9. The molecule has 1 aromatic carbocycles. The van der Waals surface area contributed by atoms with Crippen LogP contribution >= 0.6 is 11.6 Å². The van der Waals surface area contributed by atoms with Crippen molar-refractivity contribution < 1.29 is 13.2 Å². The molecule has 0 fully saturated rings. The average Bonchev–Trinajstić information content (AvgIpc) is 2.37. The van der Waals surface area contributed by atoms with Gasteiger partial charge in [-0.05, 0) is 32.4 Å². The molecule has 1 rings (SSSR count). The molecular formula is C13H19ClN2O3S. The van der Waals surface area contributed by atoms with E-state index in [2.05, 4.69) is 0 Å². The first kappa shape index (κ1) is 16.9. The fourth-order valence-electron chi connectivity index (χ4n) is 1.97. The minimum atomic E-state index is -4.01. The Labute approximate surface area is 124 Å². The first-order valence-corrected chi connectivity index (χ1v) is 8.28. The van der Waals surface area contributed by atoms with Crippen LogP contribution in [0.5, 0.6) is 0 Å². The molecule has 0 aliphatic rings. The molecule has 0 saturated carbocycles. The predicted octanol–water partition coefficient (Wildman–Crippen LogP) is 2.25. The lowest BCUT2D eigenvalue weighted by molar-refractivity contribution is 0.0696. The number of primary sulfonamides is 1. The highest BCUT2D eigenvalue weighted by Crippen LogP contribution is 2.25. The van der Waals surface area contributed by atoms with E-state index in [-0.39, 0.29) is 21.5 Å². The molecule has 0 aromatic heterocycles. The van der Waals surface area contributed by atoms with Crippen LogP contribution in [0.4, 0.5) is 0 Å². The number of nitrogens with two attached hydrogens (primary N) is 1. The van der Waals surface area contributed by atoms with E-state index >= 15 is 0 Å². The number of amides is 1. The van der Waals surface area contributed by atoms with Crippen LogP contribution in [0.25, 0.3) is 0 Å². The van der Waals surface area contributed by atoms with Crippen LogP contribution in [0.15, 0.2) is 23.1 Å². The molecule has 0 aliphatic heterocycles. The van der Waals surface area contributed by atoms with Crippen LogP contribution in [-0.2, 0) is 10.0 Å². The van der Waals surface area contributed by atoms with Gasteiger partial charge in [0.05, 0.1) is 15.5 Å². The number of hydrogen-bond acceptors (Lipinski definition) is 3. The minimum absolute atomic E-state index is 0.0166. The minimum Gasteiger partial charge on any atom is -0.336 e. The highest BCUT2D eigenvalue weighted by Gasteiger charge is 2.27. The van der Waals surface area contributed by atoms with E-state index in [1.165, 1.54) is 18.2 Å². The Morgan fingerprint density at radius 2 is 2.00 bits per heavy atom. The number of nitrogens with zero attached hydrogens (tertiary/aromatic N) is 1. The van der Waals surface area contributed by atoms with Gasteiger partial charge in [-0.15, -0.1) is 0 Å². The molecule has 0 aliphatic carbocycles. The Morgan fingerprint density at radius 1 is 1.40 bits per heavy atom. The average molecular weight is 319 g/mol. The van der Waals surface area contributed by atoms with E-state index in [1.54, 1.807) is 4.90 Å². The van der Waals surface area contributed by atoms with Gasteiger partial charge in [0.1, 0.15) is 0 Å². The summed E-state index contributed by atoms with van der Waals surface area (Å²) < 4.78 is 23.2. The van der Waals surface area contributed by atoms with Crippen molar-refractivity contribution >= 4 is 27.5 Å². The van der Waals surface area contributed by atoms with E-state index in [1.807, 2.05) is 20.8 Å². The topological polar surface area (TPSA) is 80.5 Å². The quantitative estimate of drug-likeness (QED) is 0.904. The number of benzene rings is 1. The van der Waals surface area contributed by atoms with Crippen LogP contribution in [0, 0.1) is 0 Å². The van der Waals surface area contributed by atoms with Crippen molar-refractivity contribution in [2.75, 3.05) is 6.54 Å². The van der Waals surface area contributed by atoms with Gasteiger partial charge in [-0.1, -0.05) is 24.6 Å². The van der Waals surface area contributed by atoms with Crippen LogP contribution in [0.1, 0.15) is 37.6 Å². The Kier molecular flexibility index (Phi) is 5.56. The SMILES string of the molecule is CCC(C)N(CC)C(=O)c1c(Cl)cccc1S(N)(=O)=O. The first-order chi connectivity index (χ1) is 9.23. The van der Waals surface area contributed by atoms with Crippen molar-refractivity contribution in [1.82, 2.24) is 4.90 Å². The zero-order valence-corrected chi connectivity index (χ0v) is 13.3. The van der Waals surface area contributed by atoms with Crippen LogP contribution in [-0.4, -0.2) is 31.8 Å². The van der Waals surface area contributed by atoms with Gasteiger partial charge in [0.25, 0.3) is 5.91 Å². The molecule has 20 heavy (non-hydrogen) atoms. The van der Waals surface area contributed by atoms with E-state index < -0.39 is 15.9 Å². The molecule has 1 amide bonds. The number of halogens is 1. The fraction of sp³-hybridized carbons (Fsp3) is 0.462. The van der Waals surface area contributed by atoms with Gasteiger partial charge in [0, 0.05) is 12.6 Å². The molecule has 7 heteroatoms. The maximum absolute atomic E-state index is 12.6. The van der Waals surface area contributed by atoms with Gasteiger partial charge in [0.2, 0.25) is 10.0 Å². The zero-order chi connectivity index (χ0) is 15.5. The van der Waals surface area contributed by atoms with E-state index in [4.69, 9.17) is 16.7 Å². The van der Waals surface area contributed by atoms with E-state index in [9.17, 15) is 13.2 Å². The number of hydrogen-bond donors (Lipinski definition) is 1. The number of rotatable bonds is 5. The molecule has 0 heterocycles. The second-order valence-corrected chi connectivity index (χ2v) is 6.44. The summed E-state index contributed by atoms with van der Waals surface area (Å²) in [5.41, 5.74) is -0.0567. The molecular weight excluding hydrogens is 300 g/mol. The normalized spacial score (nSPS) is 13.1. The molecule has 1 unspecified atom stereocenters. The highest BCUT2D eigenvalue weighted by molar-refractivity contribution is 7.89. The van der Waals surface area contributed by atoms with Gasteiger partial charge in [-0.25, -0.2) is 13.6 Å². The lowest BCUT2D eigenvalue weighted by Gasteiger charge is -2.28. The van der Waals surface area contributed by atoms with Crippen molar-refractivity contribution in [3.8, 4) is 0 Å². The van der Waals surface area contributed by atoms with Gasteiger partial charge in [0.15, 0.2) is 0 Å². The first-order valence-electron chi connectivity index (χ1n) is 6.36. The summed E-state index contributed by atoms with van der Waals surface area (Å²) in [7, 11) is -4.01. The van der Waals surface area contributed by atoms with Crippen LogP contribution in [0.2, 0.25) is 5.02 Å². The van der Waals surface area contributed by atoms with Gasteiger partial charge < -0.3 is 4.90 Å². The molecule has 0 spiro atoms. The molecule has 0 radical (unpaired) electrons. The predicted molar refractivity (Wildman–Crippen MR) is 79.3 cm³/mol. The maximum atomic E-state index is 12.6. The van der Waals surface area contributed by atoms with E-state index in [0.717, 1.165) is 6.42 Å². The lowest BCUT2D eigenvalue weighted by atomic mass is 10.1. The summed E-state index contributed by atoms with van der Waals surface area (Å²) >= 11 is 6.01. The summed E-state index contributed by atoms with van der Waals surface area (Å²) in [5, 5.41) is 5.24. The summed E-state index contributed by atoms with van der Waals surface area (Å²) in [6, 6.07) is 4.21. The maximum Gasteiger partial charge on any atom is 0.256 e. The smallest absolute Gasteiger partial charge is 0.256 e. The highest BCUT2D eigenvalue weighted by atomic mass is 35.5. The van der Waals surface area contributed by atoms with Crippen LogP contribution in [0.3, 0.4) is 0 Å². The largest absolute Gasteiger partial charge is 0.336 e. The second kappa shape index (κ2) is 6.56. The lowest BCUT2D eigenvalue weighted by Crippen LogP contribution is -2.39. The third-order valence-electron chi connectivity index (χ3n) is 3.22. The van der Waals surface area contributed by atoms with E-state index in [0.29, 0.717) is 6.54 Å². The summed E-state index contributed by atoms with van der Waals surface area (Å²) in [6.07, 6.45) is 0.759. The Hall–Kier alpha value is -1.11. The Bertz CT molecular complexity index is 602. The third kappa shape index (κ3) is 3.50. The van der Waals surface area contributed by atoms with Gasteiger partial charge in [-0.2, -0.15) is 0 Å². The standard InChI is InChI=1S/C13H19ClN2O3S/c1-4-9(3)16(5-2)13(17)12-10(14)7-6-8-11(12)20(15,18)19/h6-9H,4-5H2,1-3H3,(H2,15,18,19). The molecule has 0 saturated heterocycles. The number of carbonyl (C=O) groups excluding carboxylic acids is 1.